The highest BCUT2D eigenvalue weighted by molar-refractivity contribution is 8.14. The highest BCUT2D eigenvalue weighted by Crippen LogP contribution is 2.17. The third kappa shape index (κ3) is 1.18. The van der Waals surface area contributed by atoms with Gasteiger partial charge in [-0.2, -0.15) is 0 Å². The van der Waals surface area contributed by atoms with Crippen LogP contribution in [0.3, 0.4) is 0 Å². The van der Waals surface area contributed by atoms with Crippen LogP contribution >= 0.6 is 11.8 Å². The molecule has 0 saturated carbocycles. The predicted octanol–water partition coefficient (Wildman–Crippen LogP) is -0.119. The zero-order valence-corrected chi connectivity index (χ0v) is 5.89. The van der Waals surface area contributed by atoms with E-state index in [-0.39, 0.29) is 23.4 Å². The normalized spacial score (nSPS) is 18.2. The molecule has 0 bridgehead atoms. The SMILES string of the molecule is O=CCN1C(=O)CSC1=O. The first kappa shape index (κ1) is 7.27. The summed E-state index contributed by atoms with van der Waals surface area (Å²) in [6.07, 6.45) is 0.543. The fourth-order valence-corrected chi connectivity index (χ4v) is 1.37. The lowest BCUT2D eigenvalue weighted by Gasteiger charge is -2.05. The van der Waals surface area contributed by atoms with Crippen molar-refractivity contribution in [2.45, 2.75) is 0 Å². The minimum absolute atomic E-state index is 0.106. The number of rotatable bonds is 2. The zero-order valence-electron chi connectivity index (χ0n) is 5.07. The summed E-state index contributed by atoms with van der Waals surface area (Å²) in [6, 6.07) is 0. The van der Waals surface area contributed by atoms with E-state index in [1.807, 2.05) is 0 Å². The maximum absolute atomic E-state index is 10.7. The lowest BCUT2D eigenvalue weighted by Crippen LogP contribution is -2.30. The number of amides is 2. The molecule has 0 aliphatic carbocycles. The Morgan fingerprint density at radius 2 is 2.30 bits per heavy atom. The predicted molar refractivity (Wildman–Crippen MR) is 35.6 cm³/mol. The van der Waals surface area contributed by atoms with E-state index in [1.165, 1.54) is 0 Å². The minimum atomic E-state index is -0.322. The van der Waals surface area contributed by atoms with Gasteiger partial charge in [0.05, 0.1) is 12.3 Å². The van der Waals surface area contributed by atoms with Crippen molar-refractivity contribution in [3.8, 4) is 0 Å². The van der Waals surface area contributed by atoms with Crippen LogP contribution in [0.4, 0.5) is 4.79 Å². The molecular weight excluding hydrogens is 154 g/mol. The summed E-state index contributed by atoms with van der Waals surface area (Å²) in [4.78, 5) is 32.2. The molecule has 54 valence electrons. The molecule has 1 aliphatic rings. The van der Waals surface area contributed by atoms with Gasteiger partial charge in [0, 0.05) is 0 Å². The van der Waals surface area contributed by atoms with Crippen LogP contribution in [0.2, 0.25) is 0 Å². The summed E-state index contributed by atoms with van der Waals surface area (Å²) in [5.74, 6) is -0.103. The molecule has 0 atom stereocenters. The number of carbonyl (C=O) groups excluding carboxylic acids is 3. The molecule has 0 unspecified atom stereocenters. The van der Waals surface area contributed by atoms with Crippen molar-refractivity contribution in [2.75, 3.05) is 12.3 Å². The molecule has 0 spiro atoms. The Hall–Kier alpha value is -0.840. The quantitative estimate of drug-likeness (QED) is 0.527. The van der Waals surface area contributed by atoms with Gasteiger partial charge in [-0.25, -0.2) is 0 Å². The van der Waals surface area contributed by atoms with Crippen molar-refractivity contribution in [1.29, 1.82) is 0 Å². The van der Waals surface area contributed by atoms with Crippen LogP contribution in [0.1, 0.15) is 0 Å². The van der Waals surface area contributed by atoms with Gasteiger partial charge in [0.25, 0.3) is 5.24 Å². The van der Waals surface area contributed by atoms with Gasteiger partial charge < -0.3 is 4.79 Å². The van der Waals surface area contributed by atoms with Gasteiger partial charge in [0.2, 0.25) is 5.91 Å². The number of hydrogen-bond acceptors (Lipinski definition) is 4. The number of carbonyl (C=O) groups is 3. The zero-order chi connectivity index (χ0) is 7.56. The minimum Gasteiger partial charge on any atom is -0.301 e. The van der Waals surface area contributed by atoms with Crippen molar-refractivity contribution < 1.29 is 14.4 Å². The van der Waals surface area contributed by atoms with E-state index in [4.69, 9.17) is 0 Å². The van der Waals surface area contributed by atoms with Crippen molar-refractivity contribution >= 4 is 29.2 Å². The Bertz CT molecular complexity index is 175. The second-order valence-corrected chi connectivity index (χ2v) is 2.65. The average molecular weight is 159 g/mol. The van der Waals surface area contributed by atoms with Crippen LogP contribution in [-0.4, -0.2) is 34.6 Å². The van der Waals surface area contributed by atoms with Gasteiger partial charge in [-0.3, -0.25) is 14.5 Å². The topological polar surface area (TPSA) is 54.5 Å². The Balaban J connectivity index is 2.62. The van der Waals surface area contributed by atoms with E-state index in [9.17, 15) is 14.4 Å². The molecular formula is C5H5NO3S. The van der Waals surface area contributed by atoms with E-state index in [1.54, 1.807) is 0 Å². The standard InChI is InChI=1S/C5H5NO3S/c7-2-1-6-4(8)3-10-5(6)9/h2H,1,3H2. The van der Waals surface area contributed by atoms with E-state index in [0.29, 0.717) is 6.29 Å². The Labute approximate surface area is 61.6 Å². The fourth-order valence-electron chi connectivity index (χ4n) is 0.632. The molecule has 2 amide bonds. The van der Waals surface area contributed by atoms with Crippen LogP contribution in [0.15, 0.2) is 0 Å². The number of aldehydes is 1. The van der Waals surface area contributed by atoms with Crippen molar-refractivity contribution in [2.24, 2.45) is 0 Å². The molecule has 0 radical (unpaired) electrons. The van der Waals surface area contributed by atoms with Crippen LogP contribution in [0.25, 0.3) is 0 Å². The summed E-state index contributed by atoms with van der Waals surface area (Å²) in [5.41, 5.74) is 0. The largest absolute Gasteiger partial charge is 0.301 e. The summed E-state index contributed by atoms with van der Waals surface area (Å²) in [7, 11) is 0. The Kier molecular flexibility index (Phi) is 2.06. The lowest BCUT2D eigenvalue weighted by atomic mass is 10.5. The number of nitrogens with zero attached hydrogens (tertiary/aromatic N) is 1. The average Bonchev–Trinajstić information content (AvgIpc) is 2.20. The van der Waals surface area contributed by atoms with Gasteiger partial charge in [0.1, 0.15) is 6.29 Å². The highest BCUT2D eigenvalue weighted by atomic mass is 32.2. The summed E-state index contributed by atoms with van der Waals surface area (Å²) in [5, 5.41) is -0.322. The first-order chi connectivity index (χ1) is 4.75. The molecule has 4 nitrogen and oxygen atoms in total. The van der Waals surface area contributed by atoms with E-state index < -0.39 is 0 Å². The third-order valence-corrected chi connectivity index (χ3v) is 1.96. The molecule has 1 rings (SSSR count). The summed E-state index contributed by atoms with van der Waals surface area (Å²) < 4.78 is 0. The maximum atomic E-state index is 10.7. The maximum Gasteiger partial charge on any atom is 0.289 e. The fraction of sp³-hybridized carbons (Fsp3) is 0.400. The molecule has 1 aliphatic heterocycles. The van der Waals surface area contributed by atoms with Crippen LogP contribution in [0, 0.1) is 0 Å². The summed E-state index contributed by atoms with van der Waals surface area (Å²) >= 11 is 0.932. The Morgan fingerprint density at radius 1 is 1.60 bits per heavy atom. The first-order valence-electron chi connectivity index (χ1n) is 2.66. The lowest BCUT2D eigenvalue weighted by molar-refractivity contribution is -0.126. The molecule has 0 aromatic heterocycles. The van der Waals surface area contributed by atoms with Gasteiger partial charge in [-0.15, -0.1) is 0 Å². The second kappa shape index (κ2) is 2.83. The summed E-state index contributed by atoms with van der Waals surface area (Å²) in [6.45, 7) is -0.106. The first-order valence-corrected chi connectivity index (χ1v) is 3.65. The van der Waals surface area contributed by atoms with Crippen molar-refractivity contribution in [1.82, 2.24) is 4.90 Å². The Morgan fingerprint density at radius 3 is 2.70 bits per heavy atom. The van der Waals surface area contributed by atoms with E-state index in [2.05, 4.69) is 0 Å². The molecule has 5 heteroatoms. The van der Waals surface area contributed by atoms with Gasteiger partial charge >= 0.3 is 0 Å². The second-order valence-electron chi connectivity index (χ2n) is 1.73. The van der Waals surface area contributed by atoms with Gasteiger partial charge in [0.15, 0.2) is 0 Å². The van der Waals surface area contributed by atoms with Gasteiger partial charge in [-0.1, -0.05) is 11.8 Å². The molecule has 10 heavy (non-hydrogen) atoms. The molecule has 0 aromatic carbocycles. The molecule has 0 N–H and O–H groups in total. The number of imide groups is 1. The molecule has 1 heterocycles. The molecule has 1 saturated heterocycles. The van der Waals surface area contributed by atoms with Crippen LogP contribution in [0.5, 0.6) is 0 Å². The van der Waals surface area contributed by atoms with Crippen molar-refractivity contribution in [3.63, 3.8) is 0 Å². The smallest absolute Gasteiger partial charge is 0.289 e. The van der Waals surface area contributed by atoms with Crippen LogP contribution in [-0.2, 0) is 9.59 Å². The van der Waals surface area contributed by atoms with Crippen molar-refractivity contribution in [3.05, 3.63) is 0 Å². The van der Waals surface area contributed by atoms with E-state index in [0.717, 1.165) is 16.7 Å². The molecule has 1 fully saturated rings. The highest BCUT2D eigenvalue weighted by Gasteiger charge is 2.28. The van der Waals surface area contributed by atoms with E-state index >= 15 is 0 Å². The van der Waals surface area contributed by atoms with Gasteiger partial charge in [-0.05, 0) is 0 Å². The number of thioether (sulfide) groups is 1. The molecule has 0 aromatic rings. The van der Waals surface area contributed by atoms with Crippen LogP contribution < -0.4 is 0 Å². The number of hydrogen-bond donors (Lipinski definition) is 0. The monoisotopic (exact) mass is 159 g/mol. The third-order valence-electron chi connectivity index (χ3n) is 1.10.